The molecule has 0 amide bonds. The fourth-order valence-electron chi connectivity index (χ4n) is 1.93. The van der Waals surface area contributed by atoms with Gasteiger partial charge in [0.2, 0.25) is 0 Å². The SMILES string of the molecule is Cc1nccn1CC(CN)c1cccc(O)c1. The number of rotatable bonds is 4. The highest BCUT2D eigenvalue weighted by Crippen LogP contribution is 2.21. The Morgan fingerprint density at radius 2 is 2.29 bits per heavy atom. The average Bonchev–Trinajstić information content (AvgIpc) is 2.71. The highest BCUT2D eigenvalue weighted by Gasteiger charge is 2.12. The number of aryl methyl sites for hydroxylation is 1. The Hall–Kier alpha value is -1.81. The molecule has 1 aromatic carbocycles. The Kier molecular flexibility index (Phi) is 3.44. The highest BCUT2D eigenvalue weighted by molar-refractivity contribution is 5.29. The van der Waals surface area contributed by atoms with E-state index in [9.17, 15) is 5.11 Å². The van der Waals surface area contributed by atoms with Crippen molar-refractivity contribution < 1.29 is 5.11 Å². The van der Waals surface area contributed by atoms with Crippen LogP contribution in [0.4, 0.5) is 0 Å². The molecule has 0 aliphatic heterocycles. The average molecular weight is 231 g/mol. The van der Waals surface area contributed by atoms with Gasteiger partial charge < -0.3 is 15.4 Å². The molecule has 0 saturated carbocycles. The Bertz CT molecular complexity index is 493. The Morgan fingerprint density at radius 3 is 2.88 bits per heavy atom. The van der Waals surface area contributed by atoms with E-state index in [4.69, 9.17) is 5.73 Å². The number of imidazole rings is 1. The van der Waals surface area contributed by atoms with E-state index in [-0.39, 0.29) is 11.7 Å². The minimum absolute atomic E-state index is 0.190. The molecule has 1 heterocycles. The van der Waals surface area contributed by atoms with Crippen LogP contribution < -0.4 is 5.73 Å². The predicted molar refractivity (Wildman–Crippen MR) is 66.9 cm³/mol. The molecule has 0 radical (unpaired) electrons. The van der Waals surface area contributed by atoms with E-state index < -0.39 is 0 Å². The monoisotopic (exact) mass is 231 g/mol. The molecule has 17 heavy (non-hydrogen) atoms. The molecule has 2 aromatic rings. The smallest absolute Gasteiger partial charge is 0.115 e. The lowest BCUT2D eigenvalue weighted by Crippen LogP contribution is -2.18. The van der Waals surface area contributed by atoms with Crippen LogP contribution in [0.2, 0.25) is 0 Å². The number of nitrogens with two attached hydrogens (primary N) is 1. The van der Waals surface area contributed by atoms with Gasteiger partial charge in [-0.15, -0.1) is 0 Å². The van der Waals surface area contributed by atoms with E-state index in [1.807, 2.05) is 25.3 Å². The van der Waals surface area contributed by atoms with Crippen LogP contribution in [0.5, 0.6) is 5.75 Å². The second-order valence-electron chi connectivity index (χ2n) is 4.15. The van der Waals surface area contributed by atoms with Gasteiger partial charge in [0, 0.05) is 31.4 Å². The zero-order chi connectivity index (χ0) is 12.3. The second-order valence-corrected chi connectivity index (χ2v) is 4.15. The van der Waals surface area contributed by atoms with E-state index in [1.54, 1.807) is 18.3 Å². The molecule has 1 atom stereocenters. The second kappa shape index (κ2) is 5.01. The third-order valence-electron chi connectivity index (χ3n) is 2.97. The minimum Gasteiger partial charge on any atom is -0.508 e. The quantitative estimate of drug-likeness (QED) is 0.840. The van der Waals surface area contributed by atoms with Crippen LogP contribution in [0.1, 0.15) is 17.3 Å². The molecule has 2 rings (SSSR count). The van der Waals surface area contributed by atoms with Crippen LogP contribution in [0.25, 0.3) is 0 Å². The topological polar surface area (TPSA) is 64.1 Å². The number of hydrogen-bond acceptors (Lipinski definition) is 3. The van der Waals surface area contributed by atoms with Gasteiger partial charge in [-0.2, -0.15) is 0 Å². The van der Waals surface area contributed by atoms with Crippen molar-refractivity contribution in [2.24, 2.45) is 5.73 Å². The molecule has 0 aliphatic carbocycles. The molecule has 4 heteroatoms. The maximum Gasteiger partial charge on any atom is 0.115 e. The van der Waals surface area contributed by atoms with Crippen LogP contribution in [-0.2, 0) is 6.54 Å². The highest BCUT2D eigenvalue weighted by atomic mass is 16.3. The summed E-state index contributed by atoms with van der Waals surface area (Å²) in [6.45, 7) is 3.29. The van der Waals surface area contributed by atoms with Gasteiger partial charge >= 0.3 is 0 Å². The van der Waals surface area contributed by atoms with Crippen molar-refractivity contribution in [2.45, 2.75) is 19.4 Å². The first-order valence-corrected chi connectivity index (χ1v) is 5.67. The van der Waals surface area contributed by atoms with E-state index in [1.165, 1.54) is 0 Å². The summed E-state index contributed by atoms with van der Waals surface area (Å²) in [6.07, 6.45) is 3.73. The van der Waals surface area contributed by atoms with Crippen molar-refractivity contribution >= 4 is 0 Å². The van der Waals surface area contributed by atoms with Crippen LogP contribution >= 0.6 is 0 Å². The number of aromatic hydroxyl groups is 1. The Labute approximate surface area is 101 Å². The summed E-state index contributed by atoms with van der Waals surface area (Å²) in [5.41, 5.74) is 6.86. The van der Waals surface area contributed by atoms with E-state index >= 15 is 0 Å². The zero-order valence-electron chi connectivity index (χ0n) is 9.87. The third kappa shape index (κ3) is 2.65. The van der Waals surface area contributed by atoms with Crippen LogP contribution in [0.3, 0.4) is 0 Å². The molecule has 0 spiro atoms. The van der Waals surface area contributed by atoms with Gasteiger partial charge in [0.1, 0.15) is 11.6 Å². The maximum atomic E-state index is 9.48. The predicted octanol–water partition coefficient (Wildman–Crippen LogP) is 1.64. The molecule has 90 valence electrons. The summed E-state index contributed by atoms with van der Waals surface area (Å²) >= 11 is 0. The fourth-order valence-corrected chi connectivity index (χ4v) is 1.93. The first kappa shape index (κ1) is 11.7. The van der Waals surface area contributed by atoms with Gasteiger partial charge in [-0.3, -0.25) is 0 Å². The molecule has 0 fully saturated rings. The lowest BCUT2D eigenvalue weighted by atomic mass is 9.99. The number of nitrogens with zero attached hydrogens (tertiary/aromatic N) is 2. The summed E-state index contributed by atoms with van der Waals surface area (Å²) < 4.78 is 2.07. The van der Waals surface area contributed by atoms with E-state index in [2.05, 4.69) is 9.55 Å². The fraction of sp³-hybridized carbons (Fsp3) is 0.308. The number of phenols is 1. The van der Waals surface area contributed by atoms with Crippen molar-refractivity contribution in [1.82, 2.24) is 9.55 Å². The van der Waals surface area contributed by atoms with Crippen LogP contribution in [0.15, 0.2) is 36.7 Å². The molecule has 3 N–H and O–H groups in total. The first-order valence-electron chi connectivity index (χ1n) is 5.67. The lowest BCUT2D eigenvalue weighted by Gasteiger charge is -2.17. The van der Waals surface area contributed by atoms with Crippen molar-refractivity contribution in [3.63, 3.8) is 0 Å². The summed E-state index contributed by atoms with van der Waals surface area (Å²) in [5, 5.41) is 9.48. The number of aromatic nitrogens is 2. The van der Waals surface area contributed by atoms with Gasteiger partial charge in [0.05, 0.1) is 0 Å². The summed E-state index contributed by atoms with van der Waals surface area (Å²) in [4.78, 5) is 4.19. The molecular formula is C13H17N3O. The Morgan fingerprint density at radius 1 is 1.47 bits per heavy atom. The molecule has 1 aromatic heterocycles. The van der Waals surface area contributed by atoms with Gasteiger partial charge in [0.25, 0.3) is 0 Å². The van der Waals surface area contributed by atoms with Crippen LogP contribution in [0, 0.1) is 6.92 Å². The zero-order valence-corrected chi connectivity index (χ0v) is 9.87. The first-order chi connectivity index (χ1) is 8.20. The summed E-state index contributed by atoms with van der Waals surface area (Å²) in [7, 11) is 0. The molecule has 1 unspecified atom stereocenters. The van der Waals surface area contributed by atoms with Crippen molar-refractivity contribution in [3.05, 3.63) is 48.0 Å². The van der Waals surface area contributed by atoms with E-state index in [0.717, 1.165) is 17.9 Å². The van der Waals surface area contributed by atoms with Crippen molar-refractivity contribution in [1.29, 1.82) is 0 Å². The standard InChI is InChI=1S/C13H17N3O/c1-10-15-5-6-16(10)9-12(8-14)11-3-2-4-13(17)7-11/h2-7,12,17H,8-9,14H2,1H3. The van der Waals surface area contributed by atoms with Crippen LogP contribution in [-0.4, -0.2) is 21.2 Å². The molecule has 0 aliphatic rings. The van der Waals surface area contributed by atoms with Crippen molar-refractivity contribution in [2.75, 3.05) is 6.54 Å². The summed E-state index contributed by atoms with van der Waals surface area (Å²) in [6, 6.07) is 7.26. The largest absolute Gasteiger partial charge is 0.508 e. The van der Waals surface area contributed by atoms with Gasteiger partial charge in [-0.25, -0.2) is 4.98 Å². The number of phenolic OH excluding ortho intramolecular Hbond substituents is 1. The third-order valence-corrected chi connectivity index (χ3v) is 2.97. The van der Waals surface area contributed by atoms with Gasteiger partial charge in [-0.1, -0.05) is 12.1 Å². The minimum atomic E-state index is 0.190. The van der Waals surface area contributed by atoms with Crippen molar-refractivity contribution in [3.8, 4) is 5.75 Å². The van der Waals surface area contributed by atoms with E-state index in [0.29, 0.717) is 6.54 Å². The molecule has 0 saturated heterocycles. The normalized spacial score (nSPS) is 12.6. The molecular weight excluding hydrogens is 214 g/mol. The van der Waals surface area contributed by atoms with Gasteiger partial charge in [-0.05, 0) is 24.6 Å². The van der Waals surface area contributed by atoms with Gasteiger partial charge in [0.15, 0.2) is 0 Å². The summed E-state index contributed by atoms with van der Waals surface area (Å²) in [5.74, 6) is 1.45. The molecule has 4 nitrogen and oxygen atoms in total. The molecule has 0 bridgehead atoms. The maximum absolute atomic E-state index is 9.48. The Balaban J connectivity index is 2.20. The lowest BCUT2D eigenvalue weighted by molar-refractivity contribution is 0.472. The number of hydrogen-bond donors (Lipinski definition) is 2. The number of benzene rings is 1.